The Labute approximate surface area is 209 Å². The molecule has 1 amide bonds. The zero-order chi connectivity index (χ0) is 25.7. The summed E-state index contributed by atoms with van der Waals surface area (Å²) in [7, 11) is 3.16. The van der Waals surface area contributed by atoms with E-state index < -0.39 is 6.10 Å². The maximum absolute atomic E-state index is 13.3. The Hall–Kier alpha value is -4.26. The van der Waals surface area contributed by atoms with E-state index in [0.29, 0.717) is 46.8 Å². The smallest absolute Gasteiger partial charge is 0.260 e. The van der Waals surface area contributed by atoms with Crippen LogP contribution >= 0.6 is 0 Å². The molecule has 1 N–H and O–H groups in total. The van der Waals surface area contributed by atoms with Crippen molar-refractivity contribution in [3.05, 3.63) is 88.1 Å². The second kappa shape index (κ2) is 11.0. The molecule has 0 radical (unpaired) electrons. The number of amides is 1. The predicted molar refractivity (Wildman–Crippen MR) is 139 cm³/mol. The van der Waals surface area contributed by atoms with Crippen LogP contribution < -0.4 is 25.0 Å². The standard InChI is InChI=1S/C29H29NO6/c1-18-9-12-21(13-10-18)27-28(26(31)22-7-5-6-8-23(22)36-27)35-19(2)29(32)30-16-15-20-11-14-24(33-3)25(17-20)34-4/h5-14,17,19H,15-16H2,1-4H3,(H,30,32). The van der Waals surface area contributed by atoms with Gasteiger partial charge in [-0.15, -0.1) is 0 Å². The normalized spacial score (nSPS) is 11.7. The van der Waals surface area contributed by atoms with Gasteiger partial charge in [-0.1, -0.05) is 48.0 Å². The average molecular weight is 488 g/mol. The van der Waals surface area contributed by atoms with Gasteiger partial charge in [-0.2, -0.15) is 0 Å². The van der Waals surface area contributed by atoms with E-state index in [0.717, 1.165) is 11.1 Å². The van der Waals surface area contributed by atoms with Crippen molar-refractivity contribution in [3.8, 4) is 28.6 Å². The molecule has 1 aromatic heterocycles. The van der Waals surface area contributed by atoms with E-state index in [4.69, 9.17) is 18.6 Å². The van der Waals surface area contributed by atoms with Gasteiger partial charge in [0.25, 0.3) is 5.91 Å². The summed E-state index contributed by atoms with van der Waals surface area (Å²) in [5.74, 6) is 1.25. The Balaban J connectivity index is 1.52. The number of aryl methyl sites for hydroxylation is 1. The number of rotatable bonds is 9. The van der Waals surface area contributed by atoms with Crippen molar-refractivity contribution < 1.29 is 23.4 Å². The summed E-state index contributed by atoms with van der Waals surface area (Å²) in [6.07, 6.45) is -0.324. The van der Waals surface area contributed by atoms with Crippen LogP contribution in [-0.2, 0) is 11.2 Å². The molecule has 186 valence electrons. The van der Waals surface area contributed by atoms with E-state index in [1.807, 2.05) is 49.4 Å². The fourth-order valence-electron chi connectivity index (χ4n) is 3.87. The van der Waals surface area contributed by atoms with E-state index in [2.05, 4.69) is 5.32 Å². The van der Waals surface area contributed by atoms with Crippen molar-refractivity contribution in [2.75, 3.05) is 20.8 Å². The minimum atomic E-state index is -0.913. The van der Waals surface area contributed by atoms with E-state index in [9.17, 15) is 9.59 Å². The highest BCUT2D eigenvalue weighted by molar-refractivity contribution is 5.84. The molecule has 36 heavy (non-hydrogen) atoms. The van der Waals surface area contributed by atoms with Crippen LogP contribution in [-0.4, -0.2) is 32.8 Å². The molecule has 3 aromatic carbocycles. The molecule has 1 unspecified atom stereocenters. The van der Waals surface area contributed by atoms with Gasteiger partial charge in [-0.05, 0) is 50.1 Å². The Kier molecular flexibility index (Phi) is 7.59. The summed E-state index contributed by atoms with van der Waals surface area (Å²) >= 11 is 0. The van der Waals surface area contributed by atoms with E-state index in [1.54, 1.807) is 45.4 Å². The Bertz CT molecular complexity index is 1420. The first-order valence-corrected chi connectivity index (χ1v) is 11.7. The number of hydrogen-bond acceptors (Lipinski definition) is 6. The zero-order valence-corrected chi connectivity index (χ0v) is 20.8. The SMILES string of the molecule is COc1ccc(CCNC(=O)C(C)Oc2c(-c3ccc(C)cc3)oc3ccccc3c2=O)cc1OC. The first-order chi connectivity index (χ1) is 17.4. The van der Waals surface area contributed by atoms with Gasteiger partial charge in [0.1, 0.15) is 5.58 Å². The van der Waals surface area contributed by atoms with Crippen LogP contribution in [0.15, 0.2) is 75.9 Å². The number of methoxy groups -OCH3 is 2. The highest BCUT2D eigenvalue weighted by Crippen LogP contribution is 2.32. The first-order valence-electron chi connectivity index (χ1n) is 11.7. The molecule has 0 saturated heterocycles. The first kappa shape index (κ1) is 24.9. The van der Waals surface area contributed by atoms with Crippen LogP contribution in [0.4, 0.5) is 0 Å². The average Bonchev–Trinajstić information content (AvgIpc) is 2.90. The number of nitrogens with one attached hydrogen (secondary N) is 1. The van der Waals surface area contributed by atoms with E-state index in [-0.39, 0.29) is 17.1 Å². The van der Waals surface area contributed by atoms with Gasteiger partial charge < -0.3 is 23.9 Å². The maximum atomic E-state index is 13.3. The molecule has 0 spiro atoms. The van der Waals surface area contributed by atoms with Crippen LogP contribution in [0.5, 0.6) is 17.2 Å². The summed E-state index contributed by atoms with van der Waals surface area (Å²) < 4.78 is 22.6. The lowest BCUT2D eigenvalue weighted by Gasteiger charge is -2.17. The molecule has 0 aliphatic rings. The van der Waals surface area contributed by atoms with Gasteiger partial charge >= 0.3 is 0 Å². The van der Waals surface area contributed by atoms with Crippen LogP contribution in [0, 0.1) is 6.92 Å². The van der Waals surface area contributed by atoms with Gasteiger partial charge in [0.15, 0.2) is 23.4 Å². The Morgan fingerprint density at radius 3 is 2.42 bits per heavy atom. The van der Waals surface area contributed by atoms with Crippen molar-refractivity contribution in [1.82, 2.24) is 5.32 Å². The minimum absolute atomic E-state index is 0.0140. The molecular weight excluding hydrogens is 458 g/mol. The van der Waals surface area contributed by atoms with Crippen LogP contribution in [0.3, 0.4) is 0 Å². The molecule has 0 bridgehead atoms. The maximum Gasteiger partial charge on any atom is 0.260 e. The fourth-order valence-corrected chi connectivity index (χ4v) is 3.87. The van der Waals surface area contributed by atoms with Crippen molar-refractivity contribution in [2.45, 2.75) is 26.4 Å². The summed E-state index contributed by atoms with van der Waals surface area (Å²) in [6, 6.07) is 20.2. The topological polar surface area (TPSA) is 87.0 Å². The Morgan fingerprint density at radius 1 is 0.972 bits per heavy atom. The van der Waals surface area contributed by atoms with E-state index >= 15 is 0 Å². The van der Waals surface area contributed by atoms with Crippen LogP contribution in [0.2, 0.25) is 0 Å². The third-order valence-electron chi connectivity index (χ3n) is 5.89. The summed E-state index contributed by atoms with van der Waals surface area (Å²) in [5, 5.41) is 3.26. The molecule has 0 aliphatic heterocycles. The van der Waals surface area contributed by atoms with Gasteiger partial charge in [-0.3, -0.25) is 9.59 Å². The third kappa shape index (κ3) is 5.35. The quantitative estimate of drug-likeness (QED) is 0.361. The molecule has 0 fully saturated rings. The number of para-hydroxylation sites is 1. The molecule has 7 nitrogen and oxygen atoms in total. The molecular formula is C29H29NO6. The lowest BCUT2D eigenvalue weighted by atomic mass is 10.1. The van der Waals surface area contributed by atoms with Gasteiger partial charge in [0, 0.05) is 12.1 Å². The monoisotopic (exact) mass is 487 g/mol. The molecule has 1 heterocycles. The Morgan fingerprint density at radius 2 is 1.69 bits per heavy atom. The van der Waals surface area contributed by atoms with Crippen LogP contribution in [0.1, 0.15) is 18.1 Å². The molecule has 0 aliphatic carbocycles. The lowest BCUT2D eigenvalue weighted by Crippen LogP contribution is -2.38. The molecule has 4 rings (SSSR count). The summed E-state index contributed by atoms with van der Waals surface area (Å²) in [5.41, 5.74) is 2.89. The molecule has 4 aromatic rings. The molecule has 0 saturated carbocycles. The lowest BCUT2D eigenvalue weighted by molar-refractivity contribution is -0.127. The molecule has 1 atom stereocenters. The van der Waals surface area contributed by atoms with Gasteiger partial charge in [0.05, 0.1) is 19.6 Å². The number of carbonyl (C=O) groups excluding carboxylic acids is 1. The second-order valence-electron chi connectivity index (χ2n) is 8.44. The third-order valence-corrected chi connectivity index (χ3v) is 5.89. The van der Waals surface area contributed by atoms with Crippen molar-refractivity contribution in [3.63, 3.8) is 0 Å². The summed E-state index contributed by atoms with van der Waals surface area (Å²) in [4.78, 5) is 26.1. The zero-order valence-electron chi connectivity index (χ0n) is 20.8. The van der Waals surface area contributed by atoms with Crippen LogP contribution in [0.25, 0.3) is 22.3 Å². The summed E-state index contributed by atoms with van der Waals surface area (Å²) in [6.45, 7) is 3.98. The number of hydrogen-bond donors (Lipinski definition) is 1. The van der Waals surface area contributed by atoms with Crippen molar-refractivity contribution >= 4 is 16.9 Å². The fraction of sp³-hybridized carbons (Fsp3) is 0.241. The number of benzene rings is 3. The van der Waals surface area contributed by atoms with E-state index in [1.165, 1.54) is 0 Å². The van der Waals surface area contributed by atoms with Gasteiger partial charge in [0.2, 0.25) is 11.2 Å². The largest absolute Gasteiger partial charge is 0.493 e. The van der Waals surface area contributed by atoms with Crippen molar-refractivity contribution in [2.24, 2.45) is 0 Å². The minimum Gasteiger partial charge on any atom is -0.493 e. The number of fused-ring (bicyclic) bond motifs is 1. The van der Waals surface area contributed by atoms with Gasteiger partial charge in [-0.25, -0.2) is 0 Å². The highest BCUT2D eigenvalue weighted by atomic mass is 16.5. The highest BCUT2D eigenvalue weighted by Gasteiger charge is 2.23. The number of ether oxygens (including phenoxy) is 3. The molecule has 7 heteroatoms. The number of carbonyl (C=O) groups is 1. The second-order valence-corrected chi connectivity index (χ2v) is 8.44. The predicted octanol–water partition coefficient (Wildman–Crippen LogP) is 4.91. The van der Waals surface area contributed by atoms with Crippen molar-refractivity contribution in [1.29, 1.82) is 0 Å².